The van der Waals surface area contributed by atoms with E-state index in [0.29, 0.717) is 29.5 Å². The molecule has 2 atom stereocenters. The molecule has 0 saturated heterocycles. The third-order valence-electron chi connectivity index (χ3n) is 2.77. The van der Waals surface area contributed by atoms with E-state index in [0.717, 1.165) is 5.56 Å². The Labute approximate surface area is 130 Å². The van der Waals surface area contributed by atoms with Gasteiger partial charge >= 0.3 is 5.97 Å². The van der Waals surface area contributed by atoms with Crippen molar-refractivity contribution >= 4 is 17.6 Å². The number of hydrogen-bond acceptors (Lipinski definition) is 5. The first-order valence-electron chi connectivity index (χ1n) is 6.84. The molecule has 1 aromatic carbocycles. The van der Waals surface area contributed by atoms with Crippen LogP contribution in [0.25, 0.3) is 0 Å². The van der Waals surface area contributed by atoms with Gasteiger partial charge in [-0.1, -0.05) is 11.6 Å². The molecular weight excluding hydrogens is 294 g/mol. The van der Waals surface area contributed by atoms with Gasteiger partial charge in [-0.25, -0.2) is 4.79 Å². The summed E-state index contributed by atoms with van der Waals surface area (Å²) < 4.78 is 15.9. The highest BCUT2D eigenvalue weighted by Gasteiger charge is 2.21. The summed E-state index contributed by atoms with van der Waals surface area (Å²) in [5, 5.41) is 0.527. The summed E-state index contributed by atoms with van der Waals surface area (Å²) in [6, 6.07) is 3.33. The molecule has 5 nitrogen and oxygen atoms in total. The van der Waals surface area contributed by atoms with Crippen molar-refractivity contribution in [3.8, 4) is 11.5 Å². The predicted molar refractivity (Wildman–Crippen MR) is 82.1 cm³/mol. The zero-order valence-electron chi connectivity index (χ0n) is 12.8. The number of hydrogen-bond donors (Lipinski definition) is 1. The van der Waals surface area contributed by atoms with E-state index in [1.54, 1.807) is 26.0 Å². The van der Waals surface area contributed by atoms with Gasteiger partial charge in [-0.05, 0) is 33.3 Å². The average molecular weight is 316 g/mol. The van der Waals surface area contributed by atoms with Gasteiger partial charge in [-0.2, -0.15) is 0 Å². The first kappa shape index (κ1) is 17.6. The van der Waals surface area contributed by atoms with Gasteiger partial charge in [0, 0.05) is 22.7 Å². The maximum atomic E-state index is 11.7. The van der Waals surface area contributed by atoms with Crippen LogP contribution < -0.4 is 15.2 Å². The molecule has 0 fully saturated rings. The molecule has 0 aliphatic carbocycles. The minimum atomic E-state index is -0.744. The topological polar surface area (TPSA) is 70.8 Å². The summed E-state index contributed by atoms with van der Waals surface area (Å²) in [5.41, 5.74) is 6.64. The second-order valence-corrected chi connectivity index (χ2v) is 5.23. The number of carbonyl (C=O) groups excluding carboxylic acids is 1. The molecule has 0 radical (unpaired) electrons. The minimum Gasteiger partial charge on any atom is -0.493 e. The molecule has 0 saturated carbocycles. The van der Waals surface area contributed by atoms with Crippen molar-refractivity contribution in [2.45, 2.75) is 39.3 Å². The highest BCUT2D eigenvalue weighted by atomic mass is 35.5. The van der Waals surface area contributed by atoms with E-state index in [9.17, 15) is 4.79 Å². The second-order valence-electron chi connectivity index (χ2n) is 4.79. The van der Waals surface area contributed by atoms with E-state index in [4.69, 9.17) is 31.5 Å². The number of rotatable bonds is 7. The number of esters is 1. The lowest BCUT2D eigenvalue weighted by Crippen LogP contribution is -2.27. The van der Waals surface area contributed by atoms with Crippen molar-refractivity contribution in [2.75, 3.05) is 13.7 Å². The lowest BCUT2D eigenvalue weighted by Gasteiger charge is -2.20. The lowest BCUT2D eigenvalue weighted by atomic mass is 10.1. The number of nitrogens with two attached hydrogens (primary N) is 1. The Morgan fingerprint density at radius 2 is 2.05 bits per heavy atom. The Hall–Kier alpha value is -1.46. The number of ether oxygens (including phenoxy) is 3. The first-order chi connectivity index (χ1) is 9.88. The van der Waals surface area contributed by atoms with Crippen LogP contribution in [0.2, 0.25) is 5.02 Å². The number of methoxy groups -OCH3 is 1. The van der Waals surface area contributed by atoms with Crippen LogP contribution in [0, 0.1) is 0 Å². The molecule has 118 valence electrons. The minimum absolute atomic E-state index is 0.0755. The summed E-state index contributed by atoms with van der Waals surface area (Å²) >= 11 is 6.07. The Balaban J connectivity index is 3.09. The van der Waals surface area contributed by atoms with E-state index in [1.807, 2.05) is 6.92 Å². The smallest absolute Gasteiger partial charge is 0.347 e. The summed E-state index contributed by atoms with van der Waals surface area (Å²) in [6.45, 7) is 5.56. The Morgan fingerprint density at radius 3 is 2.57 bits per heavy atom. The number of carbonyl (C=O) groups is 1. The molecule has 0 heterocycles. The van der Waals surface area contributed by atoms with Crippen LogP contribution in [0.1, 0.15) is 26.3 Å². The third-order valence-corrected chi connectivity index (χ3v) is 2.99. The quantitative estimate of drug-likeness (QED) is 0.783. The fraction of sp³-hybridized carbons (Fsp3) is 0.533. The average Bonchev–Trinajstić information content (AvgIpc) is 2.40. The molecule has 0 amide bonds. The van der Waals surface area contributed by atoms with E-state index in [2.05, 4.69) is 0 Å². The standard InChI is InChI=1S/C15H22ClNO4/c1-5-20-15(18)10(3)21-14-11(6-9(2)17)7-12(16)8-13(14)19-4/h7-10H,5-6,17H2,1-4H3. The summed E-state index contributed by atoms with van der Waals surface area (Å²) in [4.78, 5) is 11.7. The van der Waals surface area contributed by atoms with Crippen molar-refractivity contribution in [3.05, 3.63) is 22.7 Å². The van der Waals surface area contributed by atoms with Crippen LogP contribution in [0.4, 0.5) is 0 Å². The zero-order chi connectivity index (χ0) is 16.0. The normalized spacial score (nSPS) is 13.4. The van der Waals surface area contributed by atoms with Gasteiger partial charge in [0.05, 0.1) is 13.7 Å². The molecule has 0 aromatic heterocycles. The van der Waals surface area contributed by atoms with Crippen molar-refractivity contribution in [1.29, 1.82) is 0 Å². The molecule has 0 aliphatic heterocycles. The molecule has 1 rings (SSSR count). The van der Waals surface area contributed by atoms with Crippen LogP contribution in [0.5, 0.6) is 11.5 Å². The second kappa shape index (κ2) is 8.10. The molecular formula is C15H22ClNO4. The lowest BCUT2D eigenvalue weighted by molar-refractivity contribution is -0.150. The van der Waals surface area contributed by atoms with E-state index in [-0.39, 0.29) is 6.04 Å². The zero-order valence-corrected chi connectivity index (χ0v) is 13.6. The van der Waals surface area contributed by atoms with Crippen molar-refractivity contribution in [3.63, 3.8) is 0 Å². The summed E-state index contributed by atoms with van der Waals surface area (Å²) in [7, 11) is 1.52. The van der Waals surface area contributed by atoms with E-state index < -0.39 is 12.1 Å². The molecule has 6 heteroatoms. The molecule has 0 aliphatic rings. The van der Waals surface area contributed by atoms with Crippen LogP contribution >= 0.6 is 11.6 Å². The van der Waals surface area contributed by atoms with Crippen LogP contribution in [0.15, 0.2) is 12.1 Å². The van der Waals surface area contributed by atoms with Crippen LogP contribution in [-0.4, -0.2) is 31.8 Å². The maximum absolute atomic E-state index is 11.7. The predicted octanol–water partition coefficient (Wildman–Crippen LogP) is 2.57. The molecule has 2 N–H and O–H groups in total. The summed E-state index contributed by atoms with van der Waals surface area (Å²) in [6.07, 6.45) is -0.186. The van der Waals surface area contributed by atoms with Gasteiger partial charge in [-0.3, -0.25) is 0 Å². The monoisotopic (exact) mass is 315 g/mol. The molecule has 2 unspecified atom stereocenters. The maximum Gasteiger partial charge on any atom is 0.347 e. The van der Waals surface area contributed by atoms with Gasteiger partial charge in [0.15, 0.2) is 17.6 Å². The highest BCUT2D eigenvalue weighted by Crippen LogP contribution is 2.36. The molecule has 1 aromatic rings. The fourth-order valence-corrected chi connectivity index (χ4v) is 2.12. The SMILES string of the molecule is CCOC(=O)C(C)Oc1c(CC(C)N)cc(Cl)cc1OC. The Morgan fingerprint density at radius 1 is 1.38 bits per heavy atom. The van der Waals surface area contributed by atoms with Crippen LogP contribution in [0.3, 0.4) is 0 Å². The number of benzene rings is 1. The molecule has 21 heavy (non-hydrogen) atoms. The van der Waals surface area contributed by atoms with Crippen LogP contribution in [-0.2, 0) is 16.0 Å². The fourth-order valence-electron chi connectivity index (χ4n) is 1.89. The Kier molecular flexibility index (Phi) is 6.78. The largest absolute Gasteiger partial charge is 0.493 e. The Bertz CT molecular complexity index is 491. The number of halogens is 1. The van der Waals surface area contributed by atoms with Gasteiger partial charge in [0.25, 0.3) is 0 Å². The van der Waals surface area contributed by atoms with Crippen molar-refractivity contribution in [2.24, 2.45) is 5.73 Å². The van der Waals surface area contributed by atoms with Gasteiger partial charge in [-0.15, -0.1) is 0 Å². The van der Waals surface area contributed by atoms with Gasteiger partial charge < -0.3 is 19.9 Å². The molecule has 0 spiro atoms. The van der Waals surface area contributed by atoms with Gasteiger partial charge in [0.1, 0.15) is 0 Å². The molecule has 0 bridgehead atoms. The highest BCUT2D eigenvalue weighted by molar-refractivity contribution is 6.30. The van der Waals surface area contributed by atoms with E-state index in [1.165, 1.54) is 7.11 Å². The summed E-state index contributed by atoms with van der Waals surface area (Å²) in [5.74, 6) is 0.510. The van der Waals surface area contributed by atoms with Crippen molar-refractivity contribution < 1.29 is 19.0 Å². The van der Waals surface area contributed by atoms with Crippen molar-refractivity contribution in [1.82, 2.24) is 0 Å². The van der Waals surface area contributed by atoms with Gasteiger partial charge in [0.2, 0.25) is 0 Å². The van der Waals surface area contributed by atoms with E-state index >= 15 is 0 Å². The third kappa shape index (κ3) is 5.10. The first-order valence-corrected chi connectivity index (χ1v) is 7.22.